The number of hydrogen-bond acceptors (Lipinski definition) is 5. The van der Waals surface area contributed by atoms with Crippen molar-refractivity contribution < 1.29 is 17.9 Å². The second kappa shape index (κ2) is 7.60. The van der Waals surface area contributed by atoms with Gasteiger partial charge < -0.3 is 10.1 Å². The number of aromatic nitrogens is 2. The van der Waals surface area contributed by atoms with Crippen molar-refractivity contribution in [3.05, 3.63) is 41.1 Å². The second-order valence-electron chi connectivity index (χ2n) is 4.91. The van der Waals surface area contributed by atoms with Crippen LogP contribution in [0.1, 0.15) is 0 Å². The van der Waals surface area contributed by atoms with Gasteiger partial charge in [-0.2, -0.15) is 5.10 Å². The molecule has 0 aliphatic carbocycles. The van der Waals surface area contributed by atoms with Crippen LogP contribution in [0.2, 0.25) is 0 Å². The van der Waals surface area contributed by atoms with E-state index in [9.17, 15) is 13.2 Å². The number of anilines is 1. The van der Waals surface area contributed by atoms with E-state index in [0.29, 0.717) is 11.4 Å². The third-order valence-electron chi connectivity index (χ3n) is 2.75. The minimum atomic E-state index is -3.06. The topological polar surface area (TPSA) is 90.3 Å². The third kappa shape index (κ3) is 6.41. The number of halogens is 1. The van der Waals surface area contributed by atoms with Crippen molar-refractivity contribution in [2.75, 3.05) is 23.9 Å². The Kier molecular flexibility index (Phi) is 5.78. The van der Waals surface area contributed by atoms with Crippen molar-refractivity contribution in [1.29, 1.82) is 0 Å². The lowest BCUT2D eigenvalue weighted by molar-refractivity contribution is -0.116. The van der Waals surface area contributed by atoms with Crippen molar-refractivity contribution in [3.8, 4) is 5.75 Å². The van der Waals surface area contributed by atoms with E-state index < -0.39 is 9.84 Å². The van der Waals surface area contributed by atoms with Crippen LogP contribution in [0.4, 0.5) is 5.69 Å². The van der Waals surface area contributed by atoms with Crippen LogP contribution >= 0.6 is 15.9 Å². The van der Waals surface area contributed by atoms with Crippen LogP contribution in [0.15, 0.2) is 41.1 Å². The number of hydrogen-bond donors (Lipinski definition) is 1. The third-order valence-corrected chi connectivity index (χ3v) is 4.07. The summed E-state index contributed by atoms with van der Waals surface area (Å²) >= 11 is 3.26. The molecule has 0 saturated heterocycles. The van der Waals surface area contributed by atoms with Gasteiger partial charge in [0.1, 0.15) is 18.9 Å². The van der Waals surface area contributed by atoms with Crippen LogP contribution in [0.5, 0.6) is 5.75 Å². The number of sulfone groups is 1. The molecule has 0 unspecified atom stereocenters. The van der Waals surface area contributed by atoms with Gasteiger partial charge in [-0.25, -0.2) is 8.42 Å². The van der Waals surface area contributed by atoms with E-state index in [1.165, 1.54) is 4.68 Å². The van der Waals surface area contributed by atoms with Crippen LogP contribution in [-0.2, 0) is 21.2 Å². The van der Waals surface area contributed by atoms with E-state index in [2.05, 4.69) is 26.3 Å². The molecule has 0 bridgehead atoms. The maximum Gasteiger partial charge on any atom is 0.246 e. The first kappa shape index (κ1) is 17.5. The highest BCUT2D eigenvalue weighted by atomic mass is 79.9. The first-order valence-corrected chi connectivity index (χ1v) is 9.55. The minimum absolute atomic E-state index is 0.0578. The maximum absolute atomic E-state index is 11.9. The lowest BCUT2D eigenvalue weighted by Gasteiger charge is -2.09. The van der Waals surface area contributed by atoms with Gasteiger partial charge in [0.2, 0.25) is 5.91 Å². The molecule has 1 aromatic carbocycles. The van der Waals surface area contributed by atoms with Gasteiger partial charge in [-0.15, -0.1) is 0 Å². The molecular weight excluding hydrogens is 386 g/mol. The maximum atomic E-state index is 11.9. The predicted molar refractivity (Wildman–Crippen MR) is 90.2 cm³/mol. The highest BCUT2D eigenvalue weighted by molar-refractivity contribution is 9.10. The minimum Gasteiger partial charge on any atom is -0.492 e. The summed E-state index contributed by atoms with van der Waals surface area (Å²) in [5, 5.41) is 6.74. The average molecular weight is 402 g/mol. The molecule has 2 rings (SSSR count). The van der Waals surface area contributed by atoms with E-state index in [1.807, 2.05) is 0 Å². The molecule has 7 nitrogen and oxygen atoms in total. The molecule has 1 heterocycles. The molecule has 0 aliphatic rings. The quantitative estimate of drug-likeness (QED) is 0.762. The molecule has 2 aromatic rings. The molecule has 0 fully saturated rings. The first-order valence-electron chi connectivity index (χ1n) is 6.70. The number of amides is 1. The molecule has 1 N–H and O–H groups in total. The Hall–Kier alpha value is -1.87. The van der Waals surface area contributed by atoms with Crippen LogP contribution in [-0.4, -0.2) is 42.7 Å². The van der Waals surface area contributed by atoms with Gasteiger partial charge >= 0.3 is 0 Å². The summed E-state index contributed by atoms with van der Waals surface area (Å²) in [4.78, 5) is 11.9. The normalized spacial score (nSPS) is 11.2. The number of carbonyl (C=O) groups excluding carboxylic acids is 1. The van der Waals surface area contributed by atoms with Crippen LogP contribution in [0.25, 0.3) is 0 Å². The summed E-state index contributed by atoms with van der Waals surface area (Å²) in [5.41, 5.74) is 0.568. The largest absolute Gasteiger partial charge is 0.492 e. The first-order chi connectivity index (χ1) is 10.8. The van der Waals surface area contributed by atoms with Crippen molar-refractivity contribution in [2.45, 2.75) is 6.54 Å². The SMILES string of the molecule is CS(=O)(=O)CCOc1cccc(NC(=O)Cn2cc(Br)cn2)c1. The number of rotatable bonds is 7. The predicted octanol–water partition coefficient (Wildman–Crippen LogP) is 1.71. The van der Waals surface area contributed by atoms with E-state index in [1.54, 1.807) is 36.7 Å². The van der Waals surface area contributed by atoms with Crippen molar-refractivity contribution in [1.82, 2.24) is 9.78 Å². The van der Waals surface area contributed by atoms with Gasteiger partial charge in [-0.3, -0.25) is 9.48 Å². The highest BCUT2D eigenvalue weighted by Crippen LogP contribution is 2.17. The van der Waals surface area contributed by atoms with E-state index in [0.717, 1.165) is 10.7 Å². The molecule has 1 aromatic heterocycles. The molecule has 0 spiro atoms. The van der Waals surface area contributed by atoms with E-state index in [-0.39, 0.29) is 24.8 Å². The monoisotopic (exact) mass is 401 g/mol. The second-order valence-corrected chi connectivity index (χ2v) is 8.09. The van der Waals surface area contributed by atoms with Gasteiger partial charge in [0.25, 0.3) is 0 Å². The molecule has 124 valence electrons. The highest BCUT2D eigenvalue weighted by Gasteiger charge is 2.07. The Bertz CT molecular complexity index is 789. The Morgan fingerprint density at radius 1 is 1.43 bits per heavy atom. The summed E-state index contributed by atoms with van der Waals surface area (Å²) in [6.45, 7) is 0.155. The lowest BCUT2D eigenvalue weighted by Crippen LogP contribution is -2.19. The summed E-state index contributed by atoms with van der Waals surface area (Å²) in [6, 6.07) is 6.78. The summed E-state index contributed by atoms with van der Waals surface area (Å²) in [7, 11) is -3.06. The number of nitrogens with zero attached hydrogens (tertiary/aromatic N) is 2. The van der Waals surface area contributed by atoms with Gasteiger partial charge in [0.05, 0.1) is 16.4 Å². The number of benzene rings is 1. The molecule has 0 saturated carbocycles. The Balaban J connectivity index is 1.90. The molecular formula is C14H16BrN3O4S. The van der Waals surface area contributed by atoms with Crippen LogP contribution in [0, 0.1) is 0 Å². The zero-order valence-electron chi connectivity index (χ0n) is 12.4. The Morgan fingerprint density at radius 2 is 2.22 bits per heavy atom. The zero-order valence-corrected chi connectivity index (χ0v) is 14.8. The smallest absolute Gasteiger partial charge is 0.246 e. The average Bonchev–Trinajstić information content (AvgIpc) is 2.83. The van der Waals surface area contributed by atoms with Gasteiger partial charge in [-0.1, -0.05) is 6.07 Å². The van der Waals surface area contributed by atoms with Crippen molar-refractivity contribution >= 4 is 37.4 Å². The number of ether oxygens (including phenoxy) is 1. The number of nitrogens with one attached hydrogen (secondary N) is 1. The van der Waals surface area contributed by atoms with Crippen molar-refractivity contribution in [3.63, 3.8) is 0 Å². The van der Waals surface area contributed by atoms with Crippen molar-refractivity contribution in [2.24, 2.45) is 0 Å². The Labute approximate surface area is 142 Å². The lowest BCUT2D eigenvalue weighted by atomic mass is 10.3. The summed E-state index contributed by atoms with van der Waals surface area (Å²) < 4.78 is 29.8. The Morgan fingerprint density at radius 3 is 2.87 bits per heavy atom. The van der Waals surface area contributed by atoms with Gasteiger partial charge in [0.15, 0.2) is 9.84 Å². The van der Waals surface area contributed by atoms with E-state index >= 15 is 0 Å². The molecule has 1 amide bonds. The zero-order chi connectivity index (χ0) is 16.9. The summed E-state index contributed by atoms with van der Waals surface area (Å²) in [6.07, 6.45) is 4.45. The van der Waals surface area contributed by atoms with Gasteiger partial charge in [-0.05, 0) is 28.1 Å². The molecule has 0 radical (unpaired) electrons. The molecule has 9 heteroatoms. The van der Waals surface area contributed by atoms with Crippen LogP contribution in [0.3, 0.4) is 0 Å². The number of carbonyl (C=O) groups is 1. The molecule has 0 atom stereocenters. The fourth-order valence-corrected chi connectivity index (χ4v) is 2.46. The molecule has 0 aliphatic heterocycles. The molecule has 23 heavy (non-hydrogen) atoms. The standard InChI is InChI=1S/C14H16BrN3O4S/c1-23(20,21)6-5-22-13-4-2-3-12(7-13)17-14(19)10-18-9-11(15)8-16-18/h2-4,7-9H,5-6,10H2,1H3,(H,17,19). The fraction of sp³-hybridized carbons (Fsp3) is 0.286. The van der Waals surface area contributed by atoms with E-state index in [4.69, 9.17) is 4.74 Å². The van der Waals surface area contributed by atoms with Crippen LogP contribution < -0.4 is 10.1 Å². The fourth-order valence-electron chi connectivity index (χ4n) is 1.75. The summed E-state index contributed by atoms with van der Waals surface area (Å²) in [5.74, 6) is 0.208. The van der Waals surface area contributed by atoms with Gasteiger partial charge in [0, 0.05) is 24.2 Å².